The highest BCUT2D eigenvalue weighted by Crippen LogP contribution is 2.41. The highest BCUT2D eigenvalue weighted by molar-refractivity contribution is 6.03. The van der Waals surface area contributed by atoms with Gasteiger partial charge < -0.3 is 5.11 Å². The Labute approximate surface area is 152 Å². The molecule has 0 saturated heterocycles. The number of hydrogen-bond acceptors (Lipinski definition) is 3. The molecule has 1 N–H and O–H groups in total. The fourth-order valence-electron chi connectivity index (χ4n) is 2.83. The first-order valence-electron chi connectivity index (χ1n) is 8.20. The number of aliphatic hydroxyl groups is 1. The van der Waals surface area contributed by atoms with Crippen LogP contribution in [0.15, 0.2) is 59.7 Å². The third-order valence-electron chi connectivity index (χ3n) is 4.32. The van der Waals surface area contributed by atoms with Gasteiger partial charge in [-0.05, 0) is 29.7 Å². The number of benzene rings is 2. The van der Waals surface area contributed by atoms with E-state index in [0.717, 1.165) is 17.7 Å². The summed E-state index contributed by atoms with van der Waals surface area (Å²) in [6.45, 7) is 0. The topological polar surface area (TPSA) is 52.9 Å². The van der Waals surface area contributed by atoms with E-state index in [0.29, 0.717) is 0 Å². The molecule has 0 spiro atoms. The molecule has 0 saturated carbocycles. The lowest BCUT2D eigenvalue weighted by atomic mass is 10.0. The fourth-order valence-corrected chi connectivity index (χ4v) is 2.83. The summed E-state index contributed by atoms with van der Waals surface area (Å²) in [7, 11) is 0. The number of hydrogen-bond donors (Lipinski definition) is 1. The number of rotatable bonds is 4. The van der Waals surface area contributed by atoms with Crippen LogP contribution < -0.4 is 0 Å². The molecule has 1 aliphatic rings. The number of alkyl halides is 3. The summed E-state index contributed by atoms with van der Waals surface area (Å²) in [5, 5.41) is 14.1. The second-order valence-electron chi connectivity index (χ2n) is 6.24. The maximum atomic E-state index is 13.5. The molecule has 1 atom stereocenters. The van der Waals surface area contributed by atoms with Gasteiger partial charge in [0.2, 0.25) is 5.91 Å². The largest absolute Gasteiger partial charge is 0.438 e. The molecule has 1 heterocycles. The maximum Gasteiger partial charge on any atom is 0.438 e. The number of aryl methyl sites for hydroxylation is 1. The predicted octanol–water partition coefficient (Wildman–Crippen LogP) is 3.65. The average molecular weight is 380 g/mol. The Morgan fingerprint density at radius 2 is 1.74 bits per heavy atom. The molecule has 0 fully saturated rings. The van der Waals surface area contributed by atoms with Crippen molar-refractivity contribution in [1.29, 1.82) is 0 Å². The summed E-state index contributed by atoms with van der Waals surface area (Å²) in [5.74, 6) is -1.50. The van der Waals surface area contributed by atoms with Gasteiger partial charge in [0.25, 0.3) is 5.72 Å². The zero-order valence-electron chi connectivity index (χ0n) is 14.1. The predicted molar refractivity (Wildman–Crippen MR) is 90.2 cm³/mol. The summed E-state index contributed by atoms with van der Waals surface area (Å²) < 4.78 is 53.5. The van der Waals surface area contributed by atoms with Gasteiger partial charge in [0.05, 0.1) is 12.1 Å². The molecule has 0 aromatic heterocycles. The first kappa shape index (κ1) is 19.0. The van der Waals surface area contributed by atoms with Gasteiger partial charge in [-0.25, -0.2) is 4.39 Å². The van der Waals surface area contributed by atoms with Crippen LogP contribution in [-0.4, -0.2) is 33.6 Å². The molecule has 0 aliphatic carbocycles. The fraction of sp³-hybridized carbons (Fsp3) is 0.263. The molecular weight excluding hydrogens is 364 g/mol. The Morgan fingerprint density at radius 1 is 1.11 bits per heavy atom. The van der Waals surface area contributed by atoms with Gasteiger partial charge in [0.1, 0.15) is 5.82 Å². The highest BCUT2D eigenvalue weighted by Gasteiger charge is 2.63. The molecule has 0 radical (unpaired) electrons. The molecule has 0 bridgehead atoms. The van der Waals surface area contributed by atoms with Crippen molar-refractivity contribution in [2.75, 3.05) is 0 Å². The van der Waals surface area contributed by atoms with E-state index in [9.17, 15) is 27.5 Å². The standard InChI is InChI=1S/C19H16F4N2O2/c20-15-9-7-14(8-10-15)16-12-18(27,19(21,22)23)25(24-16)17(26)11-6-13-4-2-1-3-5-13/h1-5,7-10,27H,6,11-12H2/t18-/m0/s1. The lowest BCUT2D eigenvalue weighted by molar-refractivity contribution is -0.302. The second-order valence-corrected chi connectivity index (χ2v) is 6.24. The van der Waals surface area contributed by atoms with Crippen molar-refractivity contribution in [2.24, 2.45) is 5.10 Å². The first-order chi connectivity index (χ1) is 12.7. The van der Waals surface area contributed by atoms with Gasteiger partial charge in [0.15, 0.2) is 0 Å². The van der Waals surface area contributed by atoms with Crippen molar-refractivity contribution < 1.29 is 27.5 Å². The Kier molecular flexibility index (Phi) is 5.01. The van der Waals surface area contributed by atoms with E-state index in [1.807, 2.05) is 0 Å². The van der Waals surface area contributed by atoms with E-state index < -0.39 is 30.0 Å². The quantitative estimate of drug-likeness (QED) is 0.824. The number of amides is 1. The third-order valence-corrected chi connectivity index (χ3v) is 4.32. The average Bonchev–Trinajstić information content (AvgIpc) is 3.00. The van der Waals surface area contributed by atoms with Crippen LogP contribution in [0.25, 0.3) is 0 Å². The second kappa shape index (κ2) is 7.11. The Morgan fingerprint density at radius 3 is 2.33 bits per heavy atom. The number of carbonyl (C=O) groups excluding carboxylic acids is 1. The zero-order valence-corrected chi connectivity index (χ0v) is 14.1. The van der Waals surface area contributed by atoms with Crippen molar-refractivity contribution in [3.8, 4) is 0 Å². The lowest BCUT2D eigenvalue weighted by Crippen LogP contribution is -2.56. The molecule has 3 rings (SSSR count). The van der Waals surface area contributed by atoms with E-state index in [2.05, 4.69) is 5.10 Å². The van der Waals surface area contributed by atoms with Crippen LogP contribution in [0.2, 0.25) is 0 Å². The van der Waals surface area contributed by atoms with Crippen LogP contribution in [0.5, 0.6) is 0 Å². The van der Waals surface area contributed by atoms with E-state index in [-0.39, 0.29) is 29.1 Å². The van der Waals surface area contributed by atoms with Crippen LogP contribution in [0.3, 0.4) is 0 Å². The van der Waals surface area contributed by atoms with Crippen LogP contribution in [0.4, 0.5) is 17.6 Å². The molecule has 0 unspecified atom stereocenters. The number of hydrazone groups is 1. The number of halogens is 4. The normalized spacial score (nSPS) is 19.9. The number of carbonyl (C=O) groups is 1. The Bertz CT molecular complexity index is 850. The lowest BCUT2D eigenvalue weighted by Gasteiger charge is -2.32. The minimum absolute atomic E-state index is 0.106. The summed E-state index contributed by atoms with van der Waals surface area (Å²) in [5.41, 5.74) is -2.58. The molecule has 1 aliphatic heterocycles. The highest BCUT2D eigenvalue weighted by atomic mass is 19.4. The van der Waals surface area contributed by atoms with Crippen molar-refractivity contribution in [3.63, 3.8) is 0 Å². The van der Waals surface area contributed by atoms with Gasteiger partial charge in [-0.2, -0.15) is 23.3 Å². The summed E-state index contributed by atoms with van der Waals surface area (Å²) in [6, 6.07) is 13.5. The van der Waals surface area contributed by atoms with Crippen LogP contribution >= 0.6 is 0 Å². The van der Waals surface area contributed by atoms with E-state index >= 15 is 0 Å². The van der Waals surface area contributed by atoms with Gasteiger partial charge in [0, 0.05) is 6.42 Å². The summed E-state index contributed by atoms with van der Waals surface area (Å²) in [6.07, 6.45) is -6.05. The van der Waals surface area contributed by atoms with Gasteiger partial charge >= 0.3 is 6.18 Å². The van der Waals surface area contributed by atoms with Crippen molar-refractivity contribution in [3.05, 3.63) is 71.5 Å². The van der Waals surface area contributed by atoms with E-state index in [1.54, 1.807) is 30.3 Å². The zero-order chi connectivity index (χ0) is 19.7. The van der Waals surface area contributed by atoms with Crippen LogP contribution in [-0.2, 0) is 11.2 Å². The molecular formula is C19H16F4N2O2. The smallest absolute Gasteiger partial charge is 0.362 e. The van der Waals surface area contributed by atoms with Gasteiger partial charge in [-0.15, -0.1) is 0 Å². The molecule has 2 aromatic carbocycles. The van der Waals surface area contributed by atoms with E-state index in [4.69, 9.17) is 0 Å². The van der Waals surface area contributed by atoms with Crippen molar-refractivity contribution >= 4 is 11.6 Å². The van der Waals surface area contributed by atoms with Crippen molar-refractivity contribution in [1.82, 2.24) is 5.01 Å². The van der Waals surface area contributed by atoms with Crippen LogP contribution in [0.1, 0.15) is 24.0 Å². The maximum absolute atomic E-state index is 13.5. The van der Waals surface area contributed by atoms with E-state index in [1.165, 1.54) is 12.1 Å². The summed E-state index contributed by atoms with van der Waals surface area (Å²) >= 11 is 0. The minimum atomic E-state index is -5.10. The Balaban J connectivity index is 1.85. The molecule has 142 valence electrons. The van der Waals surface area contributed by atoms with Gasteiger partial charge in [-0.3, -0.25) is 4.79 Å². The molecule has 4 nitrogen and oxygen atoms in total. The van der Waals surface area contributed by atoms with Crippen LogP contribution in [0, 0.1) is 5.82 Å². The summed E-state index contributed by atoms with van der Waals surface area (Å²) in [4.78, 5) is 12.4. The monoisotopic (exact) mass is 380 g/mol. The Hall–Kier alpha value is -2.74. The molecule has 2 aromatic rings. The molecule has 1 amide bonds. The molecule has 27 heavy (non-hydrogen) atoms. The minimum Gasteiger partial charge on any atom is -0.362 e. The first-order valence-corrected chi connectivity index (χ1v) is 8.20. The third kappa shape index (κ3) is 3.85. The van der Waals surface area contributed by atoms with Gasteiger partial charge in [-0.1, -0.05) is 42.5 Å². The molecule has 8 heteroatoms. The van der Waals surface area contributed by atoms with Crippen molar-refractivity contribution in [2.45, 2.75) is 31.2 Å². The SMILES string of the molecule is O=C(CCc1ccccc1)N1N=C(c2ccc(F)cc2)C[C@]1(O)C(F)(F)F. The number of nitrogens with zero attached hydrogens (tertiary/aromatic N) is 2.